The number of carbonyl (C=O) groups excluding carboxylic acids is 1. The number of nitrogens with one attached hydrogen (secondary N) is 1. The molecule has 1 atom stereocenters. The van der Waals surface area contributed by atoms with E-state index in [0.29, 0.717) is 6.54 Å². The minimum atomic E-state index is -0.564. The van der Waals surface area contributed by atoms with Gasteiger partial charge in [0.15, 0.2) is 0 Å². The lowest BCUT2D eigenvalue weighted by molar-refractivity contribution is -0.384. The zero-order chi connectivity index (χ0) is 15.3. The Balaban J connectivity index is 3.16. The fourth-order valence-electron chi connectivity index (χ4n) is 1.98. The quantitative estimate of drug-likeness (QED) is 0.472. The Morgan fingerprint density at radius 3 is 2.60 bits per heavy atom. The van der Waals surface area contributed by atoms with Crippen molar-refractivity contribution in [2.75, 3.05) is 12.0 Å². The zero-order valence-corrected chi connectivity index (χ0v) is 11.9. The lowest BCUT2D eigenvalue weighted by Crippen LogP contribution is -2.38. The highest BCUT2D eigenvalue weighted by Gasteiger charge is 2.22. The summed E-state index contributed by atoms with van der Waals surface area (Å²) >= 11 is 0. The number of nitrogen functional groups attached to an aromatic ring is 1. The van der Waals surface area contributed by atoms with Crippen LogP contribution in [0.1, 0.15) is 37.6 Å². The number of nitro groups is 1. The van der Waals surface area contributed by atoms with E-state index in [-0.39, 0.29) is 28.9 Å². The summed E-state index contributed by atoms with van der Waals surface area (Å²) in [5, 5.41) is 11.0. The molecule has 20 heavy (non-hydrogen) atoms. The molecule has 110 valence electrons. The molecule has 3 N–H and O–H groups in total. The molecule has 0 fully saturated rings. The lowest BCUT2D eigenvalue weighted by atomic mass is 10.1. The number of hydrogen-bond acceptors (Lipinski definition) is 5. The Hall–Kier alpha value is -2.15. The van der Waals surface area contributed by atoms with Crippen molar-refractivity contribution in [1.82, 2.24) is 4.90 Å². The first-order valence-electron chi connectivity index (χ1n) is 6.52. The summed E-state index contributed by atoms with van der Waals surface area (Å²) in [6.45, 7) is 6.38. The third-order valence-corrected chi connectivity index (χ3v) is 3.32. The highest BCUT2D eigenvalue weighted by atomic mass is 16.6. The number of anilines is 1. The van der Waals surface area contributed by atoms with Crippen LogP contribution in [-0.4, -0.2) is 28.3 Å². The average Bonchev–Trinajstić information content (AvgIpc) is 2.46. The minimum Gasteiger partial charge on any atom is -0.336 e. The molecule has 0 bridgehead atoms. The summed E-state index contributed by atoms with van der Waals surface area (Å²) in [6, 6.07) is 4.31. The second kappa shape index (κ2) is 6.85. The summed E-state index contributed by atoms with van der Waals surface area (Å²) in [6.07, 6.45) is 0.824. The Morgan fingerprint density at radius 1 is 1.50 bits per heavy atom. The van der Waals surface area contributed by atoms with Crippen molar-refractivity contribution in [1.29, 1.82) is 0 Å². The molecule has 7 heteroatoms. The van der Waals surface area contributed by atoms with Gasteiger partial charge in [-0.25, -0.2) is 0 Å². The van der Waals surface area contributed by atoms with E-state index in [1.807, 2.05) is 20.8 Å². The number of carbonyl (C=O) groups is 1. The molecule has 1 rings (SSSR count). The molecule has 0 aromatic heterocycles. The predicted molar refractivity (Wildman–Crippen MR) is 77.4 cm³/mol. The third kappa shape index (κ3) is 3.24. The summed E-state index contributed by atoms with van der Waals surface area (Å²) < 4.78 is 0. The van der Waals surface area contributed by atoms with E-state index in [1.54, 1.807) is 4.90 Å². The average molecular weight is 280 g/mol. The van der Waals surface area contributed by atoms with Crippen molar-refractivity contribution in [2.24, 2.45) is 5.84 Å². The van der Waals surface area contributed by atoms with Crippen LogP contribution in [0, 0.1) is 10.1 Å². The number of nitro benzene ring substituents is 1. The van der Waals surface area contributed by atoms with Gasteiger partial charge in [0.25, 0.3) is 11.6 Å². The normalized spacial score (nSPS) is 11.8. The first kappa shape index (κ1) is 15.9. The van der Waals surface area contributed by atoms with E-state index in [9.17, 15) is 14.9 Å². The van der Waals surface area contributed by atoms with Crippen LogP contribution in [0.15, 0.2) is 18.2 Å². The van der Waals surface area contributed by atoms with Crippen LogP contribution >= 0.6 is 0 Å². The molecular weight excluding hydrogens is 260 g/mol. The van der Waals surface area contributed by atoms with Gasteiger partial charge in [0.1, 0.15) is 5.69 Å². The summed E-state index contributed by atoms with van der Waals surface area (Å²) in [7, 11) is 0. The Bertz CT molecular complexity index is 504. The SMILES string of the molecule is CCC(C)N(CC)C(=O)c1ccc(NN)c([N+](=O)[O-])c1. The van der Waals surface area contributed by atoms with Crippen LogP contribution in [0.2, 0.25) is 0 Å². The standard InChI is InChI=1S/C13H20N4O3/c1-4-9(3)16(5-2)13(18)10-6-7-11(15-14)12(8-10)17(19)20/h6-9,15H,4-5,14H2,1-3H3. The van der Waals surface area contributed by atoms with Crippen LogP contribution in [0.4, 0.5) is 11.4 Å². The van der Waals surface area contributed by atoms with Crippen molar-refractivity contribution in [3.05, 3.63) is 33.9 Å². The van der Waals surface area contributed by atoms with E-state index in [2.05, 4.69) is 5.43 Å². The Labute approximate surface area is 117 Å². The molecule has 7 nitrogen and oxygen atoms in total. The maximum atomic E-state index is 12.4. The number of nitrogens with two attached hydrogens (primary N) is 1. The molecule has 0 saturated carbocycles. The summed E-state index contributed by atoms with van der Waals surface area (Å²) in [4.78, 5) is 24.5. The molecular formula is C13H20N4O3. The van der Waals surface area contributed by atoms with Gasteiger partial charge in [0.2, 0.25) is 0 Å². The Kier molecular flexibility index (Phi) is 5.45. The van der Waals surface area contributed by atoms with E-state index in [0.717, 1.165) is 6.42 Å². The molecule has 1 amide bonds. The van der Waals surface area contributed by atoms with Gasteiger partial charge in [0.05, 0.1) is 4.92 Å². The van der Waals surface area contributed by atoms with E-state index in [4.69, 9.17) is 5.84 Å². The molecule has 0 heterocycles. The van der Waals surface area contributed by atoms with Crippen molar-refractivity contribution in [3.63, 3.8) is 0 Å². The van der Waals surface area contributed by atoms with E-state index in [1.165, 1.54) is 18.2 Å². The van der Waals surface area contributed by atoms with Crippen LogP contribution in [-0.2, 0) is 0 Å². The van der Waals surface area contributed by atoms with Gasteiger partial charge >= 0.3 is 0 Å². The van der Waals surface area contributed by atoms with Crippen LogP contribution in [0.5, 0.6) is 0 Å². The number of hydrogen-bond donors (Lipinski definition) is 2. The molecule has 0 saturated heterocycles. The molecule has 1 aromatic rings. The number of nitrogens with zero attached hydrogens (tertiary/aromatic N) is 2. The Morgan fingerprint density at radius 2 is 2.15 bits per heavy atom. The van der Waals surface area contributed by atoms with Gasteiger partial charge in [-0.2, -0.15) is 0 Å². The smallest absolute Gasteiger partial charge is 0.294 e. The maximum absolute atomic E-state index is 12.4. The van der Waals surface area contributed by atoms with Crippen molar-refractivity contribution in [2.45, 2.75) is 33.2 Å². The van der Waals surface area contributed by atoms with Crippen molar-refractivity contribution in [3.8, 4) is 0 Å². The van der Waals surface area contributed by atoms with Gasteiger partial charge in [-0.05, 0) is 32.4 Å². The number of rotatable bonds is 6. The number of amides is 1. The van der Waals surface area contributed by atoms with Gasteiger partial charge in [-0.1, -0.05) is 6.92 Å². The molecule has 0 spiro atoms. The molecule has 1 aromatic carbocycles. The van der Waals surface area contributed by atoms with Gasteiger partial charge in [-0.15, -0.1) is 0 Å². The lowest BCUT2D eigenvalue weighted by Gasteiger charge is -2.27. The highest BCUT2D eigenvalue weighted by molar-refractivity contribution is 5.96. The van der Waals surface area contributed by atoms with Crippen LogP contribution in [0.25, 0.3) is 0 Å². The second-order valence-corrected chi connectivity index (χ2v) is 4.48. The number of benzene rings is 1. The largest absolute Gasteiger partial charge is 0.336 e. The molecule has 0 radical (unpaired) electrons. The predicted octanol–water partition coefficient (Wildman–Crippen LogP) is 2.14. The molecule has 0 aliphatic rings. The van der Waals surface area contributed by atoms with Gasteiger partial charge in [0, 0.05) is 24.2 Å². The van der Waals surface area contributed by atoms with Crippen molar-refractivity contribution < 1.29 is 9.72 Å². The van der Waals surface area contributed by atoms with E-state index < -0.39 is 4.92 Å². The highest BCUT2D eigenvalue weighted by Crippen LogP contribution is 2.25. The van der Waals surface area contributed by atoms with Crippen LogP contribution < -0.4 is 11.3 Å². The molecule has 1 unspecified atom stereocenters. The van der Waals surface area contributed by atoms with Gasteiger partial charge in [-0.3, -0.25) is 20.8 Å². The van der Waals surface area contributed by atoms with Crippen LogP contribution in [0.3, 0.4) is 0 Å². The fourth-order valence-corrected chi connectivity index (χ4v) is 1.98. The number of hydrazine groups is 1. The topological polar surface area (TPSA) is 102 Å². The fraction of sp³-hybridized carbons (Fsp3) is 0.462. The second-order valence-electron chi connectivity index (χ2n) is 4.48. The van der Waals surface area contributed by atoms with Crippen molar-refractivity contribution >= 4 is 17.3 Å². The monoisotopic (exact) mass is 280 g/mol. The molecule has 0 aliphatic carbocycles. The maximum Gasteiger partial charge on any atom is 0.294 e. The summed E-state index contributed by atoms with van der Waals surface area (Å²) in [5.74, 6) is 5.01. The third-order valence-electron chi connectivity index (χ3n) is 3.32. The first-order chi connectivity index (χ1) is 9.46. The van der Waals surface area contributed by atoms with E-state index >= 15 is 0 Å². The first-order valence-corrected chi connectivity index (χ1v) is 6.52. The minimum absolute atomic E-state index is 0.0823. The van der Waals surface area contributed by atoms with Gasteiger partial charge < -0.3 is 10.3 Å². The zero-order valence-electron chi connectivity index (χ0n) is 11.9. The molecule has 0 aliphatic heterocycles. The summed E-state index contributed by atoms with van der Waals surface area (Å²) in [5.41, 5.74) is 2.51.